The van der Waals surface area contributed by atoms with Gasteiger partial charge in [0.15, 0.2) is 0 Å². The second-order valence-corrected chi connectivity index (χ2v) is 39.2. The molecule has 17 aromatic carbocycles. The van der Waals surface area contributed by atoms with Crippen LogP contribution in [0.2, 0.25) is 0 Å². The van der Waals surface area contributed by atoms with Crippen LogP contribution in [0.25, 0.3) is 98.1 Å². The molecule has 4 aliphatic rings. The fourth-order valence-corrected chi connectivity index (χ4v) is 21.3. The minimum atomic E-state index is -0.347. The number of hydrogen-bond donors (Lipinski definition) is 0. The molecule has 0 atom stereocenters. The van der Waals surface area contributed by atoms with Crippen LogP contribution < -0.4 is 52.4 Å². The molecule has 126 heavy (non-hydrogen) atoms. The van der Waals surface area contributed by atoms with Crippen LogP contribution in [0.3, 0.4) is 0 Å². The van der Waals surface area contributed by atoms with Crippen LogP contribution >= 0.6 is 0 Å². The lowest BCUT2D eigenvalue weighted by Crippen LogP contribution is -2.64. The molecule has 0 fully saturated rings. The minimum Gasteiger partial charge on any atom is -0.311 e. The van der Waals surface area contributed by atoms with E-state index in [1.807, 2.05) is 0 Å². The lowest BCUT2D eigenvalue weighted by molar-refractivity contribution is 0.568. The monoisotopic (exact) mass is 1620 g/mol. The van der Waals surface area contributed by atoms with Gasteiger partial charge in [-0.1, -0.05) is 344 Å². The van der Waals surface area contributed by atoms with Crippen molar-refractivity contribution in [1.82, 2.24) is 9.13 Å². The van der Waals surface area contributed by atoms with E-state index in [0.29, 0.717) is 0 Å². The molecular weight excluding hydrogens is 1520 g/mol. The Kier molecular flexibility index (Phi) is 17.4. The van der Waals surface area contributed by atoms with E-state index >= 15 is 0 Å². The molecule has 0 aliphatic carbocycles. The van der Waals surface area contributed by atoms with E-state index in [9.17, 15) is 0 Å². The number of aromatic nitrogens is 2. The standard InChI is InChI=1S/C118H98B2N6/c1-115(2,3)75-63-76(116(4,5)6)66-83(65-75)123-105-74-106-102(73-101(105)119-99-59-37-57-97-93-53-31-27-49-89(93)87-47-25-29-51-91(87)95-55-33-35-61-103(95)125(113(97)99)109-71-85(69-107(123)111(109)119)121(79-39-17-13-18-40-79)80-41-19-14-20-42-80)120-100-60-38-58-98-94-54-32-28-50-90(94)88-48-26-30-52-92(88)96-56-34-36-62-104(96)126(114(98)100)110-72-86(122(81-43-21-15-22-44-81)82-45-23-16-24-46-82)70-108(112(110)120)124(106)84-67-77(117(7,8)9)64-78(68-84)118(10,11)12/h13-74H,1-12H3. The van der Waals surface area contributed by atoms with Crippen LogP contribution in [0.4, 0.5) is 68.2 Å². The topological polar surface area (TPSA) is 22.8 Å². The molecule has 0 saturated carbocycles. The number of fused-ring (bicyclic) bond motifs is 22. The zero-order valence-corrected chi connectivity index (χ0v) is 73.6. The van der Waals surface area contributed by atoms with Crippen LogP contribution in [-0.2, 0) is 21.7 Å². The average molecular weight is 1620 g/mol. The van der Waals surface area contributed by atoms with Gasteiger partial charge in [-0.25, -0.2) is 0 Å². The molecule has 23 rings (SSSR count). The van der Waals surface area contributed by atoms with E-state index in [0.717, 1.165) is 101 Å². The van der Waals surface area contributed by atoms with E-state index < -0.39 is 0 Å². The van der Waals surface area contributed by atoms with Crippen molar-refractivity contribution in [1.29, 1.82) is 0 Å². The van der Waals surface area contributed by atoms with Gasteiger partial charge in [0.05, 0.1) is 22.4 Å². The quantitative estimate of drug-likeness (QED) is 0.141. The van der Waals surface area contributed by atoms with Crippen LogP contribution in [0.1, 0.15) is 105 Å². The van der Waals surface area contributed by atoms with Gasteiger partial charge in [-0.05, 0) is 235 Å². The summed E-state index contributed by atoms with van der Waals surface area (Å²) in [5.74, 6) is 0. The van der Waals surface area contributed by atoms with Crippen molar-refractivity contribution in [2.45, 2.75) is 105 Å². The first-order valence-corrected chi connectivity index (χ1v) is 44.8. The maximum absolute atomic E-state index is 2.77. The SMILES string of the molecule is CC(C)(C)c1cc(N2c3cc4c(cc3B3c5c2cc(N(c2ccccc2)c2ccccc2)cc5-n2c5ccccc5c5ccccc5c5ccccc5c5cccc3c52)B2c3c(cc(N(c5ccccc5)c5ccccc5)cc3-n3c5ccccc5c5ccccc5c5ccccc5c5cccc2c53)N4c2cc(C(C)(C)C)cc(C(C)(C)C)c2)cc(C(C)(C)C)c1. The number of nitrogens with zero attached hydrogens (tertiary/aromatic N) is 6. The minimum absolute atomic E-state index is 0.253. The number of hydrogen-bond acceptors (Lipinski definition) is 4. The zero-order valence-electron chi connectivity index (χ0n) is 73.6. The number of anilines is 12. The lowest BCUT2D eigenvalue weighted by Gasteiger charge is -2.46. The van der Waals surface area contributed by atoms with Gasteiger partial charge in [-0.2, -0.15) is 0 Å². The van der Waals surface area contributed by atoms with Crippen LogP contribution in [0.5, 0.6) is 0 Å². The Morgan fingerprint density at radius 1 is 0.198 bits per heavy atom. The summed E-state index contributed by atoms with van der Waals surface area (Å²) in [7, 11) is 0. The third-order valence-corrected chi connectivity index (χ3v) is 27.4. The molecule has 8 heteroatoms. The summed E-state index contributed by atoms with van der Waals surface area (Å²) in [5, 5.41) is 14.2. The molecule has 0 spiro atoms. The Morgan fingerprint density at radius 2 is 0.452 bits per heavy atom. The van der Waals surface area contributed by atoms with E-state index in [1.54, 1.807) is 0 Å². The second kappa shape index (κ2) is 28.6. The molecule has 606 valence electrons. The Bertz CT molecular complexity index is 7310. The summed E-state index contributed by atoms with van der Waals surface area (Å²) in [6.45, 7) is 28.0. The molecule has 0 unspecified atom stereocenters. The molecular formula is C118H98B2N6. The van der Waals surface area contributed by atoms with Gasteiger partial charge < -0.3 is 28.7 Å². The van der Waals surface area contributed by atoms with Gasteiger partial charge in [0, 0.05) is 101 Å². The van der Waals surface area contributed by atoms with E-state index in [1.165, 1.54) is 120 Å². The van der Waals surface area contributed by atoms with E-state index in [2.05, 4.69) is 488 Å². The van der Waals surface area contributed by atoms with Crippen molar-refractivity contribution >= 4 is 201 Å². The third-order valence-electron chi connectivity index (χ3n) is 27.4. The second-order valence-electron chi connectivity index (χ2n) is 39.2. The molecule has 0 bridgehead atoms. The van der Waals surface area contributed by atoms with Gasteiger partial charge in [0.1, 0.15) is 0 Å². The van der Waals surface area contributed by atoms with Crippen molar-refractivity contribution in [3.05, 3.63) is 398 Å². The highest BCUT2D eigenvalue weighted by Crippen LogP contribution is 2.53. The Hall–Kier alpha value is -14.3. The molecule has 0 amide bonds. The molecule has 0 saturated heterocycles. The fourth-order valence-electron chi connectivity index (χ4n) is 21.3. The molecule has 4 aliphatic heterocycles. The van der Waals surface area contributed by atoms with Crippen molar-refractivity contribution in [3.63, 3.8) is 0 Å². The summed E-state index contributed by atoms with van der Waals surface area (Å²) < 4.78 is 5.41. The van der Waals surface area contributed by atoms with Crippen molar-refractivity contribution < 1.29 is 0 Å². The number of para-hydroxylation sites is 8. The summed E-state index contributed by atoms with van der Waals surface area (Å²) in [4.78, 5) is 10.5. The summed E-state index contributed by atoms with van der Waals surface area (Å²) in [6, 6.07) is 145. The van der Waals surface area contributed by atoms with Crippen LogP contribution in [0.15, 0.2) is 376 Å². The molecule has 6 nitrogen and oxygen atoms in total. The van der Waals surface area contributed by atoms with Gasteiger partial charge in [-0.3, -0.25) is 0 Å². The van der Waals surface area contributed by atoms with Crippen molar-refractivity contribution in [2.75, 3.05) is 19.6 Å². The largest absolute Gasteiger partial charge is 0.311 e. The average Bonchev–Trinajstić information content (AvgIpc) is 0.882. The third kappa shape index (κ3) is 12.1. The van der Waals surface area contributed by atoms with Crippen molar-refractivity contribution in [3.8, 4) is 11.4 Å². The number of rotatable bonds is 8. The van der Waals surface area contributed by atoms with Gasteiger partial charge in [0.2, 0.25) is 0 Å². The predicted molar refractivity (Wildman–Crippen MR) is 543 cm³/mol. The molecule has 19 aromatic rings. The first kappa shape index (κ1) is 76.5. The molecule has 0 radical (unpaired) electrons. The fraction of sp³-hybridized carbons (Fsp3) is 0.136. The maximum Gasteiger partial charge on any atom is 0.252 e. The van der Waals surface area contributed by atoms with Gasteiger partial charge in [-0.15, -0.1) is 0 Å². The summed E-state index contributed by atoms with van der Waals surface area (Å²) in [6.07, 6.45) is 0. The van der Waals surface area contributed by atoms with E-state index in [-0.39, 0.29) is 35.1 Å². The van der Waals surface area contributed by atoms with E-state index in [4.69, 9.17) is 0 Å². The lowest BCUT2D eigenvalue weighted by atomic mass is 9.30. The van der Waals surface area contributed by atoms with Crippen molar-refractivity contribution in [2.24, 2.45) is 0 Å². The maximum atomic E-state index is 2.77. The zero-order chi connectivity index (χ0) is 85.6. The van der Waals surface area contributed by atoms with Crippen LogP contribution in [0, 0.1) is 0 Å². The Balaban J connectivity index is 0.965. The molecule has 2 aromatic heterocycles. The van der Waals surface area contributed by atoms with Crippen LogP contribution in [-0.4, -0.2) is 22.6 Å². The number of benzene rings is 17. The van der Waals surface area contributed by atoms with Gasteiger partial charge in [0.25, 0.3) is 13.4 Å². The first-order chi connectivity index (χ1) is 61.1. The predicted octanol–water partition coefficient (Wildman–Crippen LogP) is 28.1. The summed E-state index contributed by atoms with van der Waals surface area (Å²) >= 11 is 0. The highest BCUT2D eigenvalue weighted by molar-refractivity contribution is 7.03. The smallest absolute Gasteiger partial charge is 0.252 e. The normalized spacial score (nSPS) is 13.2. The highest BCUT2D eigenvalue weighted by atomic mass is 15.2. The van der Waals surface area contributed by atoms with Gasteiger partial charge >= 0.3 is 0 Å². The first-order valence-electron chi connectivity index (χ1n) is 44.8. The Morgan fingerprint density at radius 3 is 0.754 bits per heavy atom. The molecule has 6 heterocycles. The molecule has 0 N–H and O–H groups in total. The highest BCUT2D eigenvalue weighted by Gasteiger charge is 2.49. The Labute approximate surface area is 739 Å². The summed E-state index contributed by atoms with van der Waals surface area (Å²) in [5.41, 5.74) is 31.3.